The van der Waals surface area contributed by atoms with Gasteiger partial charge in [0.05, 0.1) is 11.3 Å². The monoisotopic (exact) mass is 307 g/mol. The van der Waals surface area contributed by atoms with E-state index in [1.807, 2.05) is 30.3 Å². The molecule has 0 aliphatic heterocycles. The third-order valence-electron chi connectivity index (χ3n) is 3.64. The van der Waals surface area contributed by atoms with Gasteiger partial charge < -0.3 is 0 Å². The molecular formula is C15H21N3O2S. The quantitative estimate of drug-likeness (QED) is 0.603. The van der Waals surface area contributed by atoms with Gasteiger partial charge in [0.1, 0.15) is 9.84 Å². The van der Waals surface area contributed by atoms with Crippen LogP contribution in [0.25, 0.3) is 10.9 Å². The molecule has 0 bridgehead atoms. The average molecular weight is 307 g/mol. The third-order valence-corrected chi connectivity index (χ3v) is 5.43. The summed E-state index contributed by atoms with van der Waals surface area (Å²) >= 11 is 0. The van der Waals surface area contributed by atoms with Crippen LogP contribution in [0, 0.1) is 0 Å². The topological polar surface area (TPSA) is 85.1 Å². The zero-order chi connectivity index (χ0) is 15.3. The molecule has 1 unspecified atom stereocenters. The van der Waals surface area contributed by atoms with Crippen molar-refractivity contribution in [1.29, 1.82) is 0 Å². The molecule has 1 atom stereocenters. The Morgan fingerprint density at radius 1 is 1.29 bits per heavy atom. The molecule has 3 N–H and O–H groups in total. The highest BCUT2D eigenvalue weighted by Crippen LogP contribution is 2.25. The number of pyridine rings is 1. The van der Waals surface area contributed by atoms with Gasteiger partial charge in [0.2, 0.25) is 0 Å². The van der Waals surface area contributed by atoms with Crippen LogP contribution in [0.3, 0.4) is 0 Å². The average Bonchev–Trinajstić information content (AvgIpc) is 2.51. The number of nitrogens with two attached hydrogens (primary N) is 1. The zero-order valence-electron chi connectivity index (χ0n) is 12.1. The number of hydrogen-bond acceptors (Lipinski definition) is 5. The lowest BCUT2D eigenvalue weighted by Gasteiger charge is -2.18. The maximum atomic E-state index is 11.6. The smallest absolute Gasteiger partial charge is 0.150 e. The molecule has 0 radical (unpaired) electrons. The molecule has 0 saturated heterocycles. The highest BCUT2D eigenvalue weighted by molar-refractivity contribution is 7.91. The molecule has 114 valence electrons. The summed E-state index contributed by atoms with van der Waals surface area (Å²) in [4.78, 5) is 4.33. The minimum atomic E-state index is -2.93. The minimum absolute atomic E-state index is 0.0787. The van der Waals surface area contributed by atoms with Gasteiger partial charge in [0.15, 0.2) is 0 Å². The van der Waals surface area contributed by atoms with Crippen molar-refractivity contribution in [3.63, 3.8) is 0 Å². The molecular weight excluding hydrogens is 286 g/mol. The second-order valence-corrected chi connectivity index (χ2v) is 7.49. The Bertz CT molecular complexity index is 696. The van der Waals surface area contributed by atoms with Crippen LogP contribution in [-0.4, -0.2) is 24.9 Å². The number of hydrazine groups is 1. The maximum absolute atomic E-state index is 11.6. The lowest BCUT2D eigenvalue weighted by molar-refractivity contribution is 0.510. The molecule has 1 aromatic heterocycles. The highest BCUT2D eigenvalue weighted by atomic mass is 32.2. The third kappa shape index (κ3) is 4.00. The second kappa shape index (κ2) is 6.98. The van der Waals surface area contributed by atoms with Gasteiger partial charge in [0, 0.05) is 23.4 Å². The molecule has 0 saturated carbocycles. The molecule has 0 amide bonds. The van der Waals surface area contributed by atoms with Crippen LogP contribution >= 0.6 is 0 Å². The molecule has 0 aliphatic carbocycles. The molecule has 2 rings (SSSR count). The number of sulfone groups is 1. The van der Waals surface area contributed by atoms with Crippen LogP contribution in [0.4, 0.5) is 0 Å². The lowest BCUT2D eigenvalue weighted by atomic mass is 9.98. The van der Waals surface area contributed by atoms with Crippen LogP contribution < -0.4 is 11.3 Å². The lowest BCUT2D eigenvalue weighted by Crippen LogP contribution is -2.28. The van der Waals surface area contributed by atoms with Crippen molar-refractivity contribution in [3.05, 3.63) is 42.1 Å². The summed E-state index contributed by atoms with van der Waals surface area (Å²) in [5.41, 5.74) is 4.76. The van der Waals surface area contributed by atoms with Crippen LogP contribution in [0.1, 0.15) is 31.4 Å². The van der Waals surface area contributed by atoms with E-state index < -0.39 is 9.84 Å². The number of nitrogens with zero attached hydrogens (tertiary/aromatic N) is 1. The highest BCUT2D eigenvalue weighted by Gasteiger charge is 2.15. The first-order valence-corrected chi connectivity index (χ1v) is 8.89. The summed E-state index contributed by atoms with van der Waals surface area (Å²) in [6, 6.07) is 9.71. The van der Waals surface area contributed by atoms with Crippen LogP contribution in [0.2, 0.25) is 0 Å². The Morgan fingerprint density at radius 2 is 2.10 bits per heavy atom. The Labute approximate surface area is 125 Å². The molecule has 0 spiro atoms. The van der Waals surface area contributed by atoms with Gasteiger partial charge in [-0.05, 0) is 30.5 Å². The van der Waals surface area contributed by atoms with Crippen molar-refractivity contribution in [1.82, 2.24) is 10.4 Å². The first-order chi connectivity index (χ1) is 10.1. The van der Waals surface area contributed by atoms with Gasteiger partial charge in [-0.2, -0.15) is 0 Å². The van der Waals surface area contributed by atoms with Crippen molar-refractivity contribution in [2.45, 2.75) is 25.8 Å². The number of fused-ring (bicyclic) bond motifs is 1. The van der Waals surface area contributed by atoms with Crippen LogP contribution in [0.15, 0.2) is 36.5 Å². The first-order valence-electron chi connectivity index (χ1n) is 7.07. The summed E-state index contributed by atoms with van der Waals surface area (Å²) < 4.78 is 23.1. The minimum Gasteiger partial charge on any atom is -0.271 e. The fraction of sp³-hybridized carbons (Fsp3) is 0.400. The predicted molar refractivity (Wildman–Crippen MR) is 85.4 cm³/mol. The van der Waals surface area contributed by atoms with E-state index in [9.17, 15) is 8.42 Å². The fourth-order valence-electron chi connectivity index (χ4n) is 2.41. The molecule has 6 heteroatoms. The van der Waals surface area contributed by atoms with Crippen molar-refractivity contribution >= 4 is 20.7 Å². The van der Waals surface area contributed by atoms with Gasteiger partial charge >= 0.3 is 0 Å². The summed E-state index contributed by atoms with van der Waals surface area (Å²) in [5, 5.41) is 1.04. The molecule has 0 aliphatic rings. The normalized spacial score (nSPS) is 13.4. The summed E-state index contributed by atoms with van der Waals surface area (Å²) in [6.07, 6.45) is 3.01. The van der Waals surface area contributed by atoms with Gasteiger partial charge in [-0.15, -0.1) is 0 Å². The summed E-state index contributed by atoms with van der Waals surface area (Å²) in [5.74, 6) is 6.04. The summed E-state index contributed by atoms with van der Waals surface area (Å²) in [6.45, 7) is 1.67. The van der Waals surface area contributed by atoms with Crippen LogP contribution in [0.5, 0.6) is 0 Å². The summed E-state index contributed by atoms with van der Waals surface area (Å²) in [7, 11) is -2.93. The number of rotatable bonds is 7. The Balaban J connectivity index is 2.16. The fourth-order valence-corrected chi connectivity index (χ4v) is 3.31. The SMILES string of the molecule is CCS(=O)(=O)CCCC(NN)c1cccc2ncccc12. The Morgan fingerprint density at radius 3 is 2.81 bits per heavy atom. The van der Waals surface area contributed by atoms with E-state index in [1.54, 1.807) is 13.1 Å². The molecule has 21 heavy (non-hydrogen) atoms. The van der Waals surface area contributed by atoms with Crippen molar-refractivity contribution < 1.29 is 8.42 Å². The van der Waals surface area contributed by atoms with E-state index in [2.05, 4.69) is 10.4 Å². The molecule has 0 fully saturated rings. The van der Waals surface area contributed by atoms with Crippen molar-refractivity contribution in [3.8, 4) is 0 Å². The van der Waals surface area contributed by atoms with E-state index in [0.29, 0.717) is 12.8 Å². The first kappa shape index (κ1) is 15.9. The molecule has 2 aromatic rings. The second-order valence-electron chi connectivity index (χ2n) is 5.02. The number of aromatic nitrogens is 1. The molecule has 1 heterocycles. The van der Waals surface area contributed by atoms with Crippen LogP contribution in [-0.2, 0) is 9.84 Å². The number of nitrogens with one attached hydrogen (secondary N) is 1. The van der Waals surface area contributed by atoms with E-state index >= 15 is 0 Å². The Hall–Kier alpha value is -1.50. The largest absolute Gasteiger partial charge is 0.271 e. The maximum Gasteiger partial charge on any atom is 0.150 e. The predicted octanol–water partition coefficient (Wildman–Crippen LogP) is 1.95. The van der Waals surface area contributed by atoms with E-state index in [1.165, 1.54) is 0 Å². The van der Waals surface area contributed by atoms with Gasteiger partial charge in [-0.25, -0.2) is 8.42 Å². The van der Waals surface area contributed by atoms with E-state index in [0.717, 1.165) is 16.5 Å². The van der Waals surface area contributed by atoms with Crippen molar-refractivity contribution in [2.24, 2.45) is 5.84 Å². The standard InChI is InChI=1S/C15H21N3O2S/c1-2-21(19,20)11-5-9-15(18-16)13-6-3-8-14-12(13)7-4-10-17-14/h3-4,6-8,10,15,18H,2,5,9,11,16H2,1H3. The van der Waals surface area contributed by atoms with Gasteiger partial charge in [0.25, 0.3) is 0 Å². The van der Waals surface area contributed by atoms with Gasteiger partial charge in [-0.1, -0.05) is 25.1 Å². The van der Waals surface area contributed by atoms with E-state index in [4.69, 9.17) is 5.84 Å². The Kier molecular flexibility index (Phi) is 5.27. The number of benzene rings is 1. The molecule has 5 nitrogen and oxygen atoms in total. The van der Waals surface area contributed by atoms with E-state index in [-0.39, 0.29) is 17.5 Å². The molecule has 1 aromatic carbocycles. The van der Waals surface area contributed by atoms with Gasteiger partial charge in [-0.3, -0.25) is 16.3 Å². The number of hydrogen-bond donors (Lipinski definition) is 2. The van der Waals surface area contributed by atoms with Crippen molar-refractivity contribution in [2.75, 3.05) is 11.5 Å². The zero-order valence-corrected chi connectivity index (χ0v) is 12.9.